The van der Waals surface area contributed by atoms with Crippen LogP contribution in [-0.4, -0.2) is 19.5 Å². The Balaban J connectivity index is 2.07. The molecule has 3 nitrogen and oxygen atoms in total. The molecule has 0 unspecified atom stereocenters. The first-order valence-corrected chi connectivity index (χ1v) is 7.34. The fourth-order valence-corrected chi connectivity index (χ4v) is 2.17. The average Bonchev–Trinajstić information content (AvgIpc) is 2.53. The summed E-state index contributed by atoms with van der Waals surface area (Å²) in [6.45, 7) is 3.58. The number of carbonyl (C=O) groups is 1. The van der Waals surface area contributed by atoms with Crippen LogP contribution >= 0.6 is 0 Å². The molecule has 0 aliphatic heterocycles. The van der Waals surface area contributed by atoms with Crippen LogP contribution in [0.3, 0.4) is 0 Å². The Hall–Kier alpha value is -2.29. The van der Waals surface area contributed by atoms with Gasteiger partial charge >= 0.3 is 0 Å². The van der Waals surface area contributed by atoms with Crippen molar-refractivity contribution < 1.29 is 4.79 Å². The second-order valence-electron chi connectivity index (χ2n) is 5.15. The van der Waals surface area contributed by atoms with Crippen LogP contribution in [-0.2, 0) is 6.54 Å². The summed E-state index contributed by atoms with van der Waals surface area (Å²) in [6.07, 6.45) is 0.944. The van der Waals surface area contributed by atoms with Crippen molar-refractivity contribution in [3.05, 3.63) is 65.7 Å². The predicted octanol–water partition coefficient (Wildman–Crippen LogP) is 3.46. The van der Waals surface area contributed by atoms with Crippen LogP contribution in [0, 0.1) is 0 Å². The quantitative estimate of drug-likeness (QED) is 0.880. The molecule has 0 heterocycles. The van der Waals surface area contributed by atoms with Gasteiger partial charge in [0.15, 0.2) is 0 Å². The molecule has 21 heavy (non-hydrogen) atoms. The van der Waals surface area contributed by atoms with Crippen LogP contribution in [0.4, 0.5) is 5.69 Å². The number of nitrogens with zero attached hydrogens (tertiary/aromatic N) is 1. The van der Waals surface area contributed by atoms with E-state index in [-0.39, 0.29) is 5.91 Å². The Labute approximate surface area is 126 Å². The van der Waals surface area contributed by atoms with E-state index in [9.17, 15) is 4.79 Å². The number of anilines is 1. The monoisotopic (exact) mass is 282 g/mol. The summed E-state index contributed by atoms with van der Waals surface area (Å²) in [5.41, 5.74) is 3.00. The fraction of sp³-hybridized carbons (Fsp3) is 0.278. The van der Waals surface area contributed by atoms with E-state index in [1.165, 1.54) is 5.56 Å². The van der Waals surface area contributed by atoms with Crippen molar-refractivity contribution in [3.8, 4) is 0 Å². The van der Waals surface area contributed by atoms with Crippen molar-refractivity contribution >= 4 is 11.6 Å². The van der Waals surface area contributed by atoms with Crippen molar-refractivity contribution in [2.75, 3.05) is 18.5 Å². The maximum atomic E-state index is 12.0. The minimum absolute atomic E-state index is 0.00758. The van der Waals surface area contributed by atoms with Gasteiger partial charge in [-0.2, -0.15) is 0 Å². The molecule has 0 bridgehead atoms. The highest BCUT2D eigenvalue weighted by molar-refractivity contribution is 5.95. The molecule has 0 saturated carbocycles. The number of benzene rings is 2. The smallest absolute Gasteiger partial charge is 0.251 e. The Kier molecular flexibility index (Phi) is 5.38. The lowest BCUT2D eigenvalue weighted by atomic mass is 10.1. The van der Waals surface area contributed by atoms with Crippen LogP contribution in [0.1, 0.15) is 29.3 Å². The summed E-state index contributed by atoms with van der Waals surface area (Å²) >= 11 is 0. The van der Waals surface area contributed by atoms with Gasteiger partial charge in [0.05, 0.1) is 0 Å². The highest BCUT2D eigenvalue weighted by Crippen LogP contribution is 2.17. The normalized spacial score (nSPS) is 10.2. The lowest BCUT2D eigenvalue weighted by molar-refractivity contribution is 0.0953. The zero-order chi connectivity index (χ0) is 15.1. The number of carbonyl (C=O) groups excluding carboxylic acids is 1. The molecule has 0 spiro atoms. The lowest BCUT2D eigenvalue weighted by Gasteiger charge is -2.20. The van der Waals surface area contributed by atoms with E-state index in [2.05, 4.69) is 22.3 Å². The second-order valence-corrected chi connectivity index (χ2v) is 5.15. The Bertz CT molecular complexity index is 581. The summed E-state index contributed by atoms with van der Waals surface area (Å²) in [5, 5.41) is 2.91. The van der Waals surface area contributed by atoms with Crippen molar-refractivity contribution in [2.45, 2.75) is 19.9 Å². The second kappa shape index (κ2) is 7.48. The molecule has 0 radical (unpaired) electrons. The zero-order valence-corrected chi connectivity index (χ0v) is 12.7. The topological polar surface area (TPSA) is 32.3 Å². The molecule has 0 aliphatic carbocycles. The molecule has 1 N–H and O–H groups in total. The van der Waals surface area contributed by atoms with E-state index in [0.29, 0.717) is 12.1 Å². The highest BCUT2D eigenvalue weighted by atomic mass is 16.1. The lowest BCUT2D eigenvalue weighted by Crippen LogP contribution is -2.24. The maximum Gasteiger partial charge on any atom is 0.251 e. The summed E-state index contributed by atoms with van der Waals surface area (Å²) < 4.78 is 0. The summed E-state index contributed by atoms with van der Waals surface area (Å²) in [5.74, 6) is -0.00758. The molecular formula is C18H22N2O. The van der Waals surface area contributed by atoms with Gasteiger partial charge in [0.25, 0.3) is 5.91 Å². The van der Waals surface area contributed by atoms with E-state index in [0.717, 1.165) is 18.7 Å². The SMILES string of the molecule is CCCNC(=O)c1cccc(N(C)Cc2ccccc2)c1. The van der Waals surface area contributed by atoms with E-state index >= 15 is 0 Å². The van der Waals surface area contributed by atoms with E-state index < -0.39 is 0 Å². The fourth-order valence-electron chi connectivity index (χ4n) is 2.17. The largest absolute Gasteiger partial charge is 0.370 e. The standard InChI is InChI=1S/C18H22N2O/c1-3-12-19-18(21)16-10-7-11-17(13-16)20(2)14-15-8-5-4-6-9-15/h4-11,13H,3,12,14H2,1-2H3,(H,19,21). The van der Waals surface area contributed by atoms with Crippen LogP contribution in [0.5, 0.6) is 0 Å². The summed E-state index contributed by atoms with van der Waals surface area (Å²) in [7, 11) is 2.04. The molecule has 2 aromatic rings. The van der Waals surface area contributed by atoms with E-state index in [1.807, 2.05) is 56.4 Å². The molecule has 2 rings (SSSR count). The van der Waals surface area contributed by atoms with Crippen molar-refractivity contribution in [3.63, 3.8) is 0 Å². The van der Waals surface area contributed by atoms with Crippen molar-refractivity contribution in [1.29, 1.82) is 0 Å². The summed E-state index contributed by atoms with van der Waals surface area (Å²) in [4.78, 5) is 14.2. The van der Waals surface area contributed by atoms with Gasteiger partial charge < -0.3 is 10.2 Å². The Morgan fingerprint density at radius 2 is 1.86 bits per heavy atom. The molecule has 110 valence electrons. The van der Waals surface area contributed by atoms with Gasteiger partial charge in [0.1, 0.15) is 0 Å². The first-order chi connectivity index (χ1) is 10.2. The summed E-state index contributed by atoms with van der Waals surface area (Å²) in [6, 6.07) is 18.1. The zero-order valence-electron chi connectivity index (χ0n) is 12.7. The van der Waals surface area contributed by atoms with Crippen molar-refractivity contribution in [2.24, 2.45) is 0 Å². The van der Waals surface area contributed by atoms with E-state index in [1.54, 1.807) is 0 Å². The molecule has 0 aliphatic rings. The predicted molar refractivity (Wildman–Crippen MR) is 87.6 cm³/mol. The molecule has 0 atom stereocenters. The van der Waals surface area contributed by atoms with Gasteiger partial charge in [-0.1, -0.05) is 43.3 Å². The first kappa shape index (κ1) is 15.1. The molecule has 3 heteroatoms. The van der Waals surface area contributed by atoms with Crippen LogP contribution in [0.2, 0.25) is 0 Å². The van der Waals surface area contributed by atoms with Crippen molar-refractivity contribution in [1.82, 2.24) is 5.32 Å². The number of amides is 1. The minimum Gasteiger partial charge on any atom is -0.370 e. The molecule has 0 saturated heterocycles. The number of nitrogens with one attached hydrogen (secondary N) is 1. The van der Waals surface area contributed by atoms with Gasteiger partial charge in [-0.05, 0) is 30.2 Å². The number of rotatable bonds is 6. The molecule has 2 aromatic carbocycles. The third-order valence-electron chi connectivity index (χ3n) is 3.35. The van der Waals surface area contributed by atoms with Gasteiger partial charge in [-0.3, -0.25) is 4.79 Å². The third-order valence-corrected chi connectivity index (χ3v) is 3.35. The molecule has 1 amide bonds. The van der Waals surface area contributed by atoms with Gasteiger partial charge in [-0.15, -0.1) is 0 Å². The first-order valence-electron chi connectivity index (χ1n) is 7.34. The Morgan fingerprint density at radius 3 is 2.57 bits per heavy atom. The minimum atomic E-state index is -0.00758. The Morgan fingerprint density at radius 1 is 1.10 bits per heavy atom. The van der Waals surface area contributed by atoms with Crippen LogP contribution in [0.15, 0.2) is 54.6 Å². The number of hydrogen-bond acceptors (Lipinski definition) is 2. The van der Waals surface area contributed by atoms with Crippen LogP contribution in [0.25, 0.3) is 0 Å². The average molecular weight is 282 g/mol. The van der Waals surface area contributed by atoms with E-state index in [4.69, 9.17) is 0 Å². The number of hydrogen-bond donors (Lipinski definition) is 1. The molecule has 0 fully saturated rings. The molecular weight excluding hydrogens is 260 g/mol. The van der Waals surface area contributed by atoms with Gasteiger partial charge in [0, 0.05) is 31.4 Å². The third kappa shape index (κ3) is 4.35. The molecule has 0 aromatic heterocycles. The van der Waals surface area contributed by atoms with Gasteiger partial charge in [-0.25, -0.2) is 0 Å². The highest BCUT2D eigenvalue weighted by Gasteiger charge is 2.07. The maximum absolute atomic E-state index is 12.0. The van der Waals surface area contributed by atoms with Crippen LogP contribution < -0.4 is 10.2 Å². The van der Waals surface area contributed by atoms with Gasteiger partial charge in [0.2, 0.25) is 0 Å².